The molecule has 0 saturated heterocycles. The first-order chi connectivity index (χ1) is 66.9. The van der Waals surface area contributed by atoms with Gasteiger partial charge in [-0.2, -0.15) is 10.5 Å². The van der Waals surface area contributed by atoms with Crippen LogP contribution >= 0.6 is 0 Å². The molecule has 11 heteroatoms. The highest BCUT2D eigenvalue weighted by atomic mass is 16.6. The maximum absolute atomic E-state index is 11.2. The van der Waals surface area contributed by atoms with Crippen molar-refractivity contribution in [3.8, 4) is 78.9 Å². The van der Waals surface area contributed by atoms with Gasteiger partial charge in [0.1, 0.15) is 0 Å². The van der Waals surface area contributed by atoms with Gasteiger partial charge in [-0.1, -0.05) is 322 Å². The molecule has 0 saturated carbocycles. The summed E-state index contributed by atoms with van der Waals surface area (Å²) in [5.41, 5.74) is 31.2. The van der Waals surface area contributed by atoms with Crippen LogP contribution in [0.15, 0.2) is 510 Å². The molecule has 0 spiro atoms. The lowest BCUT2D eigenvalue weighted by molar-refractivity contribution is -0.384. The molecule has 21 aromatic carbocycles. The van der Waals surface area contributed by atoms with E-state index in [0.29, 0.717) is 11.1 Å². The second kappa shape index (κ2) is 40.3. The highest BCUT2D eigenvalue weighted by Gasteiger charge is 2.22. The molecule has 0 aliphatic carbocycles. The smallest absolute Gasteiger partial charge is 0.271 e. The molecule has 21 rings (SSSR count). The number of nitriles is 2. The Morgan fingerprint density at radius 3 is 0.684 bits per heavy atom. The molecule has 650 valence electrons. The van der Waals surface area contributed by atoms with Crippen molar-refractivity contribution in [3.63, 3.8) is 0 Å². The summed E-state index contributed by atoms with van der Waals surface area (Å²) in [6.07, 6.45) is 0. The Bertz CT molecular complexity index is 7800. The van der Waals surface area contributed by atoms with E-state index in [1.165, 1.54) is 71.8 Å². The molecule has 0 amide bonds. The first-order valence-electron chi connectivity index (χ1n) is 45.3. The molecule has 0 N–H and O–H groups in total. The predicted octanol–water partition coefficient (Wildman–Crippen LogP) is 33.9. The van der Waals surface area contributed by atoms with E-state index >= 15 is 0 Å². The van der Waals surface area contributed by atoms with Gasteiger partial charge in [0.25, 0.3) is 5.69 Å². The number of anilines is 15. The maximum atomic E-state index is 11.2. The van der Waals surface area contributed by atoms with E-state index in [4.69, 9.17) is 5.26 Å². The standard InChI is InChI=1S/2C42H31N3.C41H31N3O2/c1-44(40-14-7-9-31(29-40)30-43)37-23-17-34(18-24-37)35-21-27-39(28-22-35)45(42-16-8-13-36-12-5-6-15-41(36)42)38-25-19-33(20-26-38)32-10-3-2-4-11-32;1-44(37-22-14-31(30-43)15-23-37)38-24-16-34(17-25-38)35-20-28-40(29-21-35)45(42-13-7-11-36-10-5-6-12-41(36)42)39-26-18-33(19-27-39)32-8-3-2-4-9-32;1-42(38-13-8-14-39(29-38)44(45)46)35-23-17-32(18-24-35)33-21-27-37(28-22-33)43(41-16-7-12-34-11-5-6-15-40(34)41)36-25-19-31(20-26-36)30-9-3-2-4-10-30/h2*2-29H,1H3;2-29H,1H3. The Hall–Kier alpha value is -18.4. The lowest BCUT2D eigenvalue weighted by Crippen LogP contribution is -2.10. The van der Waals surface area contributed by atoms with Crippen molar-refractivity contribution in [2.45, 2.75) is 0 Å². The predicted molar refractivity (Wildman–Crippen MR) is 568 cm³/mol. The first-order valence-corrected chi connectivity index (χ1v) is 45.3. The zero-order chi connectivity index (χ0) is 92.6. The topological polar surface area (TPSA) is 110 Å². The van der Waals surface area contributed by atoms with Crippen LogP contribution in [0.5, 0.6) is 0 Å². The number of fused-ring (bicyclic) bond motifs is 3. The Morgan fingerprint density at radius 1 is 0.199 bits per heavy atom. The summed E-state index contributed by atoms with van der Waals surface area (Å²) in [5.74, 6) is 0. The van der Waals surface area contributed by atoms with Gasteiger partial charge in [-0.25, -0.2) is 0 Å². The number of hydrogen-bond acceptors (Lipinski definition) is 10. The molecule has 0 atom stereocenters. The summed E-state index contributed by atoms with van der Waals surface area (Å²) >= 11 is 0. The van der Waals surface area contributed by atoms with Crippen LogP contribution in [0, 0.1) is 32.8 Å². The molecule has 0 bridgehead atoms. The second-order valence-electron chi connectivity index (χ2n) is 33.3. The summed E-state index contributed by atoms with van der Waals surface area (Å²) in [5, 5.41) is 36.9. The summed E-state index contributed by atoms with van der Waals surface area (Å²) in [6.45, 7) is 0. The second-order valence-corrected chi connectivity index (χ2v) is 33.3. The van der Waals surface area contributed by atoms with Gasteiger partial charge in [-0.3, -0.25) is 10.1 Å². The molecule has 0 aromatic heterocycles. The third-order valence-corrected chi connectivity index (χ3v) is 25.0. The van der Waals surface area contributed by atoms with Crippen molar-refractivity contribution in [2.24, 2.45) is 0 Å². The number of nitro benzene ring substituents is 1. The van der Waals surface area contributed by atoms with Crippen LogP contribution in [0.25, 0.3) is 99.1 Å². The Morgan fingerprint density at radius 2 is 0.412 bits per heavy atom. The van der Waals surface area contributed by atoms with Crippen LogP contribution in [-0.2, 0) is 0 Å². The highest BCUT2D eigenvalue weighted by Crippen LogP contribution is 2.46. The summed E-state index contributed by atoms with van der Waals surface area (Å²) in [6, 6.07) is 181. The van der Waals surface area contributed by atoms with E-state index in [0.717, 1.165) is 119 Å². The van der Waals surface area contributed by atoms with E-state index in [-0.39, 0.29) is 10.6 Å². The number of hydrogen-bond donors (Lipinski definition) is 0. The van der Waals surface area contributed by atoms with Crippen molar-refractivity contribution < 1.29 is 4.92 Å². The molecular formula is C125H93N9O2. The zero-order valence-electron chi connectivity index (χ0n) is 75.3. The monoisotopic (exact) mass is 1750 g/mol. The minimum Gasteiger partial charge on any atom is -0.345 e. The lowest BCUT2D eigenvalue weighted by Gasteiger charge is -2.27. The minimum atomic E-state index is -0.370. The fraction of sp³-hybridized carbons (Fsp3) is 0.0240. The van der Waals surface area contributed by atoms with Crippen LogP contribution in [-0.4, -0.2) is 26.1 Å². The minimum absolute atomic E-state index is 0.0748. The van der Waals surface area contributed by atoms with Gasteiger partial charge < -0.3 is 29.4 Å². The van der Waals surface area contributed by atoms with Crippen molar-refractivity contribution in [3.05, 3.63) is 531 Å². The summed E-state index contributed by atoms with van der Waals surface area (Å²) in [4.78, 5) is 24.1. The lowest BCUT2D eigenvalue weighted by atomic mass is 10.0. The molecule has 136 heavy (non-hydrogen) atoms. The van der Waals surface area contributed by atoms with Gasteiger partial charge in [0.05, 0.1) is 45.3 Å². The fourth-order valence-corrected chi connectivity index (χ4v) is 17.6. The van der Waals surface area contributed by atoms with Crippen LogP contribution < -0.4 is 29.4 Å². The Kier molecular flexibility index (Phi) is 25.8. The molecule has 0 radical (unpaired) electrons. The Labute approximate surface area is 793 Å². The van der Waals surface area contributed by atoms with Gasteiger partial charge in [0.15, 0.2) is 0 Å². The maximum Gasteiger partial charge on any atom is 0.271 e. The highest BCUT2D eigenvalue weighted by molar-refractivity contribution is 6.02. The largest absolute Gasteiger partial charge is 0.345 e. The molecule has 0 heterocycles. The van der Waals surface area contributed by atoms with Crippen molar-refractivity contribution in [1.82, 2.24) is 0 Å². The molecule has 0 aliphatic rings. The fourth-order valence-electron chi connectivity index (χ4n) is 17.6. The Balaban J connectivity index is 0.000000131. The summed E-state index contributed by atoms with van der Waals surface area (Å²) < 4.78 is 0. The molecule has 0 fully saturated rings. The van der Waals surface area contributed by atoms with Gasteiger partial charge >= 0.3 is 0 Å². The third-order valence-electron chi connectivity index (χ3n) is 25.0. The van der Waals surface area contributed by atoms with Gasteiger partial charge in [0.2, 0.25) is 0 Å². The first kappa shape index (κ1) is 86.9. The van der Waals surface area contributed by atoms with E-state index in [2.05, 4.69) is 443 Å². The van der Waals surface area contributed by atoms with Crippen LogP contribution in [0.1, 0.15) is 11.1 Å². The van der Waals surface area contributed by atoms with E-state index in [1.807, 2.05) is 111 Å². The summed E-state index contributed by atoms with van der Waals surface area (Å²) in [7, 11) is 5.98. The molecule has 0 aliphatic heterocycles. The number of nitro groups is 1. The zero-order valence-corrected chi connectivity index (χ0v) is 75.3. The van der Waals surface area contributed by atoms with Crippen molar-refractivity contribution in [2.75, 3.05) is 50.5 Å². The van der Waals surface area contributed by atoms with Crippen LogP contribution in [0.3, 0.4) is 0 Å². The number of rotatable bonds is 22. The average molecular weight is 1750 g/mol. The molecule has 0 unspecified atom stereocenters. The molecular weight excluding hydrogens is 1660 g/mol. The van der Waals surface area contributed by atoms with E-state index in [9.17, 15) is 15.4 Å². The van der Waals surface area contributed by atoms with Crippen LogP contribution in [0.2, 0.25) is 0 Å². The van der Waals surface area contributed by atoms with E-state index < -0.39 is 0 Å². The number of benzene rings is 21. The molecule has 21 aromatic rings. The SMILES string of the molecule is CN(c1ccc(-c2ccc(N(c3ccc(-c4ccccc4)cc3)c3cccc4ccccc34)cc2)cc1)c1cccc(C#N)c1.CN(c1ccc(-c2ccc(N(c3ccc(-c4ccccc4)cc3)c3cccc4ccccc34)cc2)cc1)c1cccc([N+](=O)[O-])c1.CN(c1ccc(C#N)cc1)c1ccc(-c2ccc(N(c3ccc(-c4ccccc4)cc3)c3cccc4ccccc34)cc2)cc1. The molecule has 11 nitrogen and oxygen atoms in total. The average Bonchev–Trinajstić information content (AvgIpc) is 0.779. The van der Waals surface area contributed by atoms with Gasteiger partial charge in [-0.05, 0) is 259 Å². The number of non-ortho nitro benzene ring substituents is 1. The normalized spacial score (nSPS) is 10.8. The van der Waals surface area contributed by atoms with Crippen molar-refractivity contribution in [1.29, 1.82) is 10.5 Å². The van der Waals surface area contributed by atoms with Gasteiger partial charge in [-0.15, -0.1) is 0 Å². The van der Waals surface area contributed by atoms with Crippen LogP contribution in [0.4, 0.5) is 91.0 Å². The third kappa shape index (κ3) is 19.3. The van der Waals surface area contributed by atoms with Crippen molar-refractivity contribution >= 4 is 123 Å². The number of nitrogens with zero attached hydrogens (tertiary/aromatic N) is 9. The quantitative estimate of drug-likeness (QED) is 0.0480. The van der Waals surface area contributed by atoms with E-state index in [1.54, 1.807) is 12.1 Å². The van der Waals surface area contributed by atoms with Gasteiger partial charge in [0, 0.05) is 118 Å².